The summed E-state index contributed by atoms with van der Waals surface area (Å²) in [6, 6.07) is 6.23. The van der Waals surface area contributed by atoms with Crippen LogP contribution >= 0.6 is 0 Å². The third kappa shape index (κ3) is 2.99. The lowest BCUT2D eigenvalue weighted by Gasteiger charge is -2.45. The fraction of sp³-hybridized carbons (Fsp3) is 0.667. The van der Waals surface area contributed by atoms with Crippen LogP contribution in [0, 0.1) is 13.8 Å². The predicted molar refractivity (Wildman–Crippen MR) is 100 cm³/mol. The number of carbonyl (C=O) groups is 1. The zero-order valence-electron chi connectivity index (χ0n) is 15.7. The van der Waals surface area contributed by atoms with Gasteiger partial charge in [0.05, 0.1) is 19.6 Å². The Morgan fingerprint density at radius 1 is 1.04 bits per heavy atom. The molecule has 0 radical (unpaired) electrons. The molecule has 3 heteroatoms. The molecule has 1 N–H and O–H groups in total. The molecule has 0 bridgehead atoms. The first-order valence-corrected chi connectivity index (χ1v) is 9.78. The number of likely N-dealkylation sites (tertiary alicyclic amines) is 1. The summed E-state index contributed by atoms with van der Waals surface area (Å²) in [5, 5.41) is 3.32. The van der Waals surface area contributed by atoms with Crippen LogP contribution in [0.2, 0.25) is 0 Å². The van der Waals surface area contributed by atoms with E-state index in [9.17, 15) is 4.79 Å². The summed E-state index contributed by atoms with van der Waals surface area (Å²) in [6.07, 6.45) is 8.67. The summed E-state index contributed by atoms with van der Waals surface area (Å²) in [7, 11) is 0. The molecule has 1 aliphatic carbocycles. The van der Waals surface area contributed by atoms with Gasteiger partial charge in [-0.2, -0.15) is 0 Å². The molecule has 0 spiro atoms. The van der Waals surface area contributed by atoms with E-state index in [2.05, 4.69) is 44.3 Å². The van der Waals surface area contributed by atoms with Crippen LogP contribution in [0.3, 0.4) is 0 Å². The molecule has 2 aliphatic rings. The molecule has 1 saturated heterocycles. The van der Waals surface area contributed by atoms with E-state index in [1.807, 2.05) is 0 Å². The van der Waals surface area contributed by atoms with E-state index in [1.54, 1.807) is 0 Å². The fourth-order valence-corrected chi connectivity index (χ4v) is 4.79. The van der Waals surface area contributed by atoms with Crippen LogP contribution < -0.4 is 5.32 Å². The van der Waals surface area contributed by atoms with Crippen LogP contribution in [0.5, 0.6) is 0 Å². The second kappa shape index (κ2) is 6.87. The molecule has 1 saturated carbocycles. The highest BCUT2D eigenvalue weighted by Gasteiger charge is 2.64. The van der Waals surface area contributed by atoms with E-state index in [-0.39, 0.29) is 11.4 Å². The first-order chi connectivity index (χ1) is 11.5. The van der Waals surface area contributed by atoms with Crippen LogP contribution in [0.4, 0.5) is 5.69 Å². The number of carbonyl (C=O) groups excluding carboxylic acids is 1. The Morgan fingerprint density at radius 2 is 1.58 bits per heavy atom. The Hall–Kier alpha value is -1.35. The molecule has 1 aliphatic heterocycles. The van der Waals surface area contributed by atoms with E-state index in [0.717, 1.165) is 40.7 Å². The molecule has 132 valence electrons. The van der Waals surface area contributed by atoms with E-state index in [4.69, 9.17) is 0 Å². The van der Waals surface area contributed by atoms with Gasteiger partial charge in [0.15, 0.2) is 5.54 Å². The maximum atomic E-state index is 13.3. The van der Waals surface area contributed by atoms with E-state index >= 15 is 0 Å². The molecule has 24 heavy (non-hydrogen) atoms. The fourth-order valence-electron chi connectivity index (χ4n) is 4.79. The van der Waals surface area contributed by atoms with Gasteiger partial charge in [0, 0.05) is 18.5 Å². The quantitative estimate of drug-likeness (QED) is 0.805. The van der Waals surface area contributed by atoms with Gasteiger partial charge in [-0.3, -0.25) is 4.79 Å². The number of rotatable bonds is 4. The summed E-state index contributed by atoms with van der Waals surface area (Å²) < 4.78 is 1.02. The lowest BCUT2D eigenvalue weighted by Crippen LogP contribution is -2.63. The molecule has 3 rings (SSSR count). The Balaban J connectivity index is 1.84. The monoisotopic (exact) mass is 329 g/mol. The number of amides is 1. The Morgan fingerprint density at radius 3 is 2.08 bits per heavy atom. The SMILES string of the molecule is CC[N+]1(C2(C(=O)Nc3c(C)cccc3C)CC2)CCCCCCC1. The number of nitrogens with zero attached hydrogens (tertiary/aromatic N) is 1. The first kappa shape index (κ1) is 17.5. The normalized spacial score (nSPS) is 22.3. The molecule has 1 heterocycles. The van der Waals surface area contributed by atoms with Crippen molar-refractivity contribution in [2.24, 2.45) is 0 Å². The maximum absolute atomic E-state index is 13.3. The average molecular weight is 330 g/mol. The Bertz CT molecular complexity index is 576. The van der Waals surface area contributed by atoms with Gasteiger partial charge in [0.2, 0.25) is 0 Å². The maximum Gasteiger partial charge on any atom is 0.285 e. The van der Waals surface area contributed by atoms with Gasteiger partial charge in [-0.05, 0) is 57.6 Å². The van der Waals surface area contributed by atoms with Crippen LogP contribution in [0.1, 0.15) is 63.0 Å². The number of anilines is 1. The molecule has 1 aromatic carbocycles. The highest BCUT2D eigenvalue weighted by Crippen LogP contribution is 2.49. The molecule has 0 aromatic heterocycles. The molecule has 0 atom stereocenters. The molecule has 0 unspecified atom stereocenters. The number of para-hydroxylation sites is 1. The number of quaternary nitrogens is 1. The van der Waals surface area contributed by atoms with Gasteiger partial charge in [-0.1, -0.05) is 24.6 Å². The first-order valence-electron chi connectivity index (χ1n) is 9.78. The molecular formula is C21H33N2O+. The second-order valence-electron chi connectivity index (χ2n) is 7.93. The number of hydrogen-bond acceptors (Lipinski definition) is 1. The smallest absolute Gasteiger partial charge is 0.285 e. The Kier molecular flexibility index (Phi) is 5.00. The summed E-state index contributed by atoms with van der Waals surface area (Å²) >= 11 is 0. The topological polar surface area (TPSA) is 29.1 Å². The third-order valence-electron chi connectivity index (χ3n) is 6.55. The average Bonchev–Trinajstić information content (AvgIpc) is 3.33. The summed E-state index contributed by atoms with van der Waals surface area (Å²) in [6.45, 7) is 9.90. The molecule has 1 amide bonds. The molecular weight excluding hydrogens is 296 g/mol. The van der Waals surface area contributed by atoms with Crippen molar-refractivity contribution < 1.29 is 9.28 Å². The summed E-state index contributed by atoms with van der Waals surface area (Å²) in [5.74, 6) is 0.266. The van der Waals surface area contributed by atoms with Crippen molar-refractivity contribution in [2.75, 3.05) is 25.0 Å². The lowest BCUT2D eigenvalue weighted by molar-refractivity contribution is -0.951. The van der Waals surface area contributed by atoms with Crippen molar-refractivity contribution in [3.8, 4) is 0 Å². The van der Waals surface area contributed by atoms with E-state index in [0.29, 0.717) is 0 Å². The Labute approximate surface area is 147 Å². The minimum absolute atomic E-state index is 0.166. The van der Waals surface area contributed by atoms with Gasteiger partial charge >= 0.3 is 0 Å². The van der Waals surface area contributed by atoms with Gasteiger partial charge in [-0.15, -0.1) is 0 Å². The van der Waals surface area contributed by atoms with Crippen molar-refractivity contribution in [2.45, 2.75) is 71.3 Å². The van der Waals surface area contributed by atoms with Crippen molar-refractivity contribution >= 4 is 11.6 Å². The highest BCUT2D eigenvalue weighted by molar-refractivity contribution is 6.00. The van der Waals surface area contributed by atoms with E-state index in [1.165, 1.54) is 45.2 Å². The van der Waals surface area contributed by atoms with Crippen LogP contribution in [0.15, 0.2) is 18.2 Å². The molecule has 2 fully saturated rings. The minimum atomic E-state index is -0.166. The van der Waals surface area contributed by atoms with Crippen molar-refractivity contribution in [3.05, 3.63) is 29.3 Å². The zero-order valence-corrected chi connectivity index (χ0v) is 15.7. The number of aryl methyl sites for hydroxylation is 2. The van der Waals surface area contributed by atoms with Crippen molar-refractivity contribution in [1.29, 1.82) is 0 Å². The zero-order chi connectivity index (χ0) is 17.2. The van der Waals surface area contributed by atoms with Gasteiger partial charge in [0.1, 0.15) is 0 Å². The van der Waals surface area contributed by atoms with Crippen LogP contribution in [-0.4, -0.2) is 35.6 Å². The van der Waals surface area contributed by atoms with Crippen LogP contribution in [0.25, 0.3) is 0 Å². The highest BCUT2D eigenvalue weighted by atomic mass is 16.2. The van der Waals surface area contributed by atoms with E-state index < -0.39 is 0 Å². The number of benzene rings is 1. The standard InChI is InChI=1S/C21H32N2O/c1-4-23(15-8-6-5-7-9-16-23)21(13-14-21)20(24)22-19-17(2)11-10-12-18(19)3/h10-12H,4-9,13-16H2,1-3H3/p+1. The lowest BCUT2D eigenvalue weighted by atomic mass is 10.0. The van der Waals surface area contributed by atoms with Crippen molar-refractivity contribution in [3.63, 3.8) is 0 Å². The number of nitrogens with one attached hydrogen (secondary N) is 1. The van der Waals surface area contributed by atoms with Gasteiger partial charge < -0.3 is 9.80 Å². The van der Waals surface area contributed by atoms with Crippen LogP contribution in [-0.2, 0) is 4.79 Å². The molecule has 1 aromatic rings. The number of hydrogen-bond donors (Lipinski definition) is 1. The van der Waals surface area contributed by atoms with Crippen molar-refractivity contribution in [1.82, 2.24) is 0 Å². The third-order valence-corrected chi connectivity index (χ3v) is 6.55. The predicted octanol–water partition coefficient (Wildman–Crippen LogP) is 4.58. The largest absolute Gasteiger partial charge is 0.320 e. The number of likely N-dealkylation sites (N-methyl/N-ethyl adjacent to an activating group) is 1. The second-order valence-corrected chi connectivity index (χ2v) is 7.93. The molecule has 3 nitrogen and oxygen atoms in total. The van der Waals surface area contributed by atoms with Gasteiger partial charge in [-0.25, -0.2) is 0 Å². The van der Waals surface area contributed by atoms with Gasteiger partial charge in [0.25, 0.3) is 5.91 Å². The minimum Gasteiger partial charge on any atom is -0.320 e. The summed E-state index contributed by atoms with van der Waals surface area (Å²) in [5.41, 5.74) is 3.18. The summed E-state index contributed by atoms with van der Waals surface area (Å²) in [4.78, 5) is 13.3.